The Kier molecular flexibility index (Phi) is 4.02. The number of para-hydroxylation sites is 1. The van der Waals surface area contributed by atoms with Crippen molar-refractivity contribution in [3.63, 3.8) is 0 Å². The molecule has 0 saturated heterocycles. The molecule has 8 heteroatoms. The van der Waals surface area contributed by atoms with Gasteiger partial charge in [0.25, 0.3) is 0 Å². The Morgan fingerprint density at radius 2 is 1.60 bits per heavy atom. The largest absolute Gasteiger partial charge is 0.337 e. The van der Waals surface area contributed by atoms with Crippen LogP contribution in [0, 0.1) is 6.92 Å². The van der Waals surface area contributed by atoms with Crippen LogP contribution in [0.25, 0.3) is 11.3 Å². The van der Waals surface area contributed by atoms with Crippen molar-refractivity contribution in [1.82, 2.24) is 20.3 Å². The Labute approximate surface area is 151 Å². The van der Waals surface area contributed by atoms with E-state index in [0.29, 0.717) is 22.9 Å². The topological polar surface area (TPSA) is 88.8 Å². The summed E-state index contributed by atoms with van der Waals surface area (Å²) in [6.45, 7) is 2.02. The minimum Gasteiger partial charge on any atom is -0.337 e. The number of halogens is 1. The van der Waals surface area contributed by atoms with E-state index < -0.39 is 0 Å². The summed E-state index contributed by atoms with van der Waals surface area (Å²) >= 11 is 3.46. The molecule has 0 aliphatic carbocycles. The number of aromatic nitrogens is 4. The zero-order chi connectivity index (χ0) is 17.2. The maximum absolute atomic E-state index is 4.73. The highest BCUT2D eigenvalue weighted by Crippen LogP contribution is 2.28. The SMILES string of the molecule is Cc1ccccc1Nc1nc2nonc2nc1Nc1cccc(Br)c1. The van der Waals surface area contributed by atoms with Gasteiger partial charge in [-0.05, 0) is 47.1 Å². The minimum absolute atomic E-state index is 0.341. The Hall–Kier alpha value is -3.00. The lowest BCUT2D eigenvalue weighted by atomic mass is 10.2. The fourth-order valence-corrected chi connectivity index (χ4v) is 2.76. The smallest absolute Gasteiger partial charge is 0.245 e. The van der Waals surface area contributed by atoms with Gasteiger partial charge in [-0.25, -0.2) is 14.6 Å². The third kappa shape index (κ3) is 3.29. The first-order valence-corrected chi connectivity index (χ1v) is 8.34. The first-order chi connectivity index (χ1) is 12.2. The van der Waals surface area contributed by atoms with E-state index in [0.717, 1.165) is 21.4 Å². The van der Waals surface area contributed by atoms with Gasteiger partial charge in [0.2, 0.25) is 11.3 Å². The van der Waals surface area contributed by atoms with Gasteiger partial charge in [0.05, 0.1) is 0 Å². The number of fused-ring (bicyclic) bond motifs is 1. The van der Waals surface area contributed by atoms with Gasteiger partial charge in [0.15, 0.2) is 11.6 Å². The molecule has 0 aliphatic rings. The normalized spacial score (nSPS) is 10.8. The molecule has 2 heterocycles. The lowest BCUT2D eigenvalue weighted by Crippen LogP contribution is -2.04. The van der Waals surface area contributed by atoms with Gasteiger partial charge >= 0.3 is 0 Å². The van der Waals surface area contributed by atoms with Gasteiger partial charge in [-0.3, -0.25) is 0 Å². The van der Waals surface area contributed by atoms with Crippen molar-refractivity contribution in [2.24, 2.45) is 0 Å². The fourth-order valence-electron chi connectivity index (χ4n) is 2.36. The molecule has 4 rings (SSSR count). The van der Waals surface area contributed by atoms with E-state index in [4.69, 9.17) is 4.63 Å². The van der Waals surface area contributed by atoms with Gasteiger partial charge in [0, 0.05) is 15.8 Å². The van der Waals surface area contributed by atoms with Crippen LogP contribution in [0.1, 0.15) is 5.56 Å². The monoisotopic (exact) mass is 396 g/mol. The van der Waals surface area contributed by atoms with E-state index in [1.807, 2.05) is 55.5 Å². The first-order valence-electron chi connectivity index (χ1n) is 7.54. The van der Waals surface area contributed by atoms with E-state index in [1.54, 1.807) is 0 Å². The lowest BCUT2D eigenvalue weighted by Gasteiger charge is -2.13. The third-order valence-electron chi connectivity index (χ3n) is 3.60. The summed E-state index contributed by atoms with van der Waals surface area (Å²) in [5, 5.41) is 14.1. The number of hydrogen-bond donors (Lipinski definition) is 2. The van der Waals surface area contributed by atoms with Crippen molar-refractivity contribution in [1.29, 1.82) is 0 Å². The van der Waals surface area contributed by atoms with E-state index in [-0.39, 0.29) is 0 Å². The van der Waals surface area contributed by atoms with Crippen molar-refractivity contribution in [3.05, 3.63) is 58.6 Å². The highest BCUT2D eigenvalue weighted by atomic mass is 79.9. The summed E-state index contributed by atoms with van der Waals surface area (Å²) in [5.74, 6) is 1.07. The molecule has 2 aromatic heterocycles. The van der Waals surface area contributed by atoms with Crippen LogP contribution in [0.4, 0.5) is 23.0 Å². The number of aryl methyl sites for hydroxylation is 1. The van der Waals surface area contributed by atoms with E-state index >= 15 is 0 Å². The molecule has 0 amide bonds. The summed E-state index contributed by atoms with van der Waals surface area (Å²) < 4.78 is 5.69. The van der Waals surface area contributed by atoms with Gasteiger partial charge in [-0.2, -0.15) is 0 Å². The van der Waals surface area contributed by atoms with Crippen LogP contribution >= 0.6 is 15.9 Å². The number of anilines is 4. The molecular formula is C17H13BrN6O. The second kappa shape index (κ2) is 6.48. The summed E-state index contributed by atoms with van der Waals surface area (Å²) in [6.07, 6.45) is 0. The highest BCUT2D eigenvalue weighted by molar-refractivity contribution is 9.10. The van der Waals surface area contributed by atoms with Crippen LogP contribution in [0.5, 0.6) is 0 Å². The molecule has 25 heavy (non-hydrogen) atoms. The van der Waals surface area contributed by atoms with Crippen LogP contribution in [-0.2, 0) is 0 Å². The van der Waals surface area contributed by atoms with Gasteiger partial charge in [-0.1, -0.05) is 40.2 Å². The molecule has 0 saturated carbocycles. The summed E-state index contributed by atoms with van der Waals surface area (Å²) in [4.78, 5) is 8.94. The quantitative estimate of drug-likeness (QED) is 0.521. The predicted octanol–water partition coefficient (Wildman–Crippen LogP) is 4.57. The van der Waals surface area contributed by atoms with Crippen molar-refractivity contribution in [3.8, 4) is 0 Å². The molecule has 7 nitrogen and oxygen atoms in total. The highest BCUT2D eigenvalue weighted by Gasteiger charge is 2.14. The zero-order valence-electron chi connectivity index (χ0n) is 13.2. The van der Waals surface area contributed by atoms with Crippen molar-refractivity contribution in [2.45, 2.75) is 6.92 Å². The standard InChI is InChI=1S/C17H13BrN6O/c1-10-5-2-3-8-13(10)20-15-14(19-12-7-4-6-11(18)9-12)21-16-17(22-15)24-25-23-16/h2-9H,1H3,(H,19,21,23)(H,20,22,24). The maximum Gasteiger partial charge on any atom is 0.245 e. The molecule has 0 fully saturated rings. The number of nitrogens with one attached hydrogen (secondary N) is 2. The van der Waals surface area contributed by atoms with Crippen LogP contribution in [0.3, 0.4) is 0 Å². The van der Waals surface area contributed by atoms with E-state index in [9.17, 15) is 0 Å². The Morgan fingerprint density at radius 1 is 0.880 bits per heavy atom. The minimum atomic E-state index is 0.341. The maximum atomic E-state index is 4.73. The average Bonchev–Trinajstić information content (AvgIpc) is 3.04. The van der Waals surface area contributed by atoms with Crippen LogP contribution < -0.4 is 10.6 Å². The van der Waals surface area contributed by atoms with Crippen LogP contribution in [-0.4, -0.2) is 20.3 Å². The van der Waals surface area contributed by atoms with E-state index in [1.165, 1.54) is 0 Å². The second-order valence-electron chi connectivity index (χ2n) is 5.41. The molecular weight excluding hydrogens is 384 g/mol. The Morgan fingerprint density at radius 3 is 2.32 bits per heavy atom. The molecule has 124 valence electrons. The van der Waals surface area contributed by atoms with Crippen LogP contribution in [0.15, 0.2) is 57.6 Å². The van der Waals surface area contributed by atoms with Crippen molar-refractivity contribution in [2.75, 3.05) is 10.6 Å². The zero-order valence-corrected chi connectivity index (χ0v) is 14.8. The van der Waals surface area contributed by atoms with Crippen molar-refractivity contribution < 1.29 is 4.63 Å². The van der Waals surface area contributed by atoms with Gasteiger partial charge in [-0.15, -0.1) is 0 Å². The summed E-state index contributed by atoms with van der Waals surface area (Å²) in [6, 6.07) is 15.7. The fraction of sp³-hybridized carbons (Fsp3) is 0.0588. The lowest BCUT2D eigenvalue weighted by molar-refractivity contribution is 0.314. The summed E-state index contributed by atoms with van der Waals surface area (Å²) in [7, 11) is 0. The van der Waals surface area contributed by atoms with Gasteiger partial charge in [0.1, 0.15) is 0 Å². The molecule has 0 spiro atoms. The number of nitrogens with zero attached hydrogens (tertiary/aromatic N) is 4. The van der Waals surface area contributed by atoms with Crippen LogP contribution in [0.2, 0.25) is 0 Å². The molecule has 0 bridgehead atoms. The Balaban J connectivity index is 1.77. The Bertz CT molecular complexity index is 1050. The average molecular weight is 397 g/mol. The van der Waals surface area contributed by atoms with E-state index in [2.05, 4.69) is 46.8 Å². The molecule has 2 N–H and O–H groups in total. The predicted molar refractivity (Wildman–Crippen MR) is 99.3 cm³/mol. The molecule has 2 aromatic carbocycles. The molecule has 0 unspecified atom stereocenters. The number of hydrogen-bond acceptors (Lipinski definition) is 7. The van der Waals surface area contributed by atoms with Gasteiger partial charge < -0.3 is 10.6 Å². The summed E-state index contributed by atoms with van der Waals surface area (Å²) in [5.41, 5.74) is 3.58. The molecule has 0 aliphatic heterocycles. The molecule has 0 radical (unpaired) electrons. The van der Waals surface area contributed by atoms with Crippen molar-refractivity contribution >= 4 is 50.2 Å². The molecule has 4 aromatic rings. The first kappa shape index (κ1) is 15.5. The second-order valence-corrected chi connectivity index (χ2v) is 6.32. The number of benzene rings is 2. The molecule has 0 atom stereocenters. The third-order valence-corrected chi connectivity index (χ3v) is 4.09. The number of rotatable bonds is 4.